The topological polar surface area (TPSA) is 231 Å². The van der Waals surface area contributed by atoms with Gasteiger partial charge in [-0.05, 0) is 64.2 Å². The zero-order valence-electron chi connectivity index (χ0n) is 41.3. The Balaban J connectivity index is 1.81. The fourth-order valence-electron chi connectivity index (χ4n) is 7.75. The highest BCUT2D eigenvalue weighted by molar-refractivity contribution is 5.70. The van der Waals surface area contributed by atoms with Crippen LogP contribution in [-0.4, -0.2) is 142 Å². The van der Waals surface area contributed by atoms with Crippen molar-refractivity contribution in [2.45, 2.75) is 235 Å². The maximum atomic E-state index is 12.9. The Bertz CT molecular complexity index is 1420. The van der Waals surface area contributed by atoms with Crippen LogP contribution in [0.1, 0.15) is 168 Å². The average Bonchev–Trinajstić information content (AvgIpc) is 3.33. The van der Waals surface area contributed by atoms with Crippen LogP contribution in [0.5, 0.6) is 0 Å². The lowest BCUT2D eigenvalue weighted by Gasteiger charge is -2.42. The predicted octanol–water partition coefficient (Wildman–Crippen LogP) is 7.27. The van der Waals surface area contributed by atoms with Gasteiger partial charge in [-0.3, -0.25) is 9.59 Å². The summed E-state index contributed by atoms with van der Waals surface area (Å²) in [6, 6.07) is 0. The minimum absolute atomic E-state index is 0.0419. The number of hydrogen-bond acceptors (Lipinski definition) is 15. The van der Waals surface area contributed by atoms with Crippen molar-refractivity contribution in [3.63, 3.8) is 0 Å². The summed E-state index contributed by atoms with van der Waals surface area (Å²) in [6.07, 6.45) is 28.4. The van der Waals surface area contributed by atoms with E-state index in [1.165, 1.54) is 77.0 Å². The first-order chi connectivity index (χ1) is 33.0. The standard InChI is InChI=1S/C53H90O15/c1-3-5-7-9-11-13-15-17-18-19-20-21-22-24-25-27-29-31-33-35-44(55)63-38-41(66-45(56)36-34-32-30-28-26-23-16-14-12-10-8-6-4-2)39-64-52-51(62)49(60)47(58)43(68-52)40-65-53-50(61)48(59)46(57)42(37-54)67-53/h6,8,12,14,17-18,23,26,30,32,41-43,46-54,57-62H,3-5,7,9-11,13,15-16,19-22,24-25,27-29,31,33-40H2,1-2H3/b8-6-,14-12-,18-17-,26-23-,32-30-. The molecule has 2 heterocycles. The molecule has 7 N–H and O–H groups in total. The molecule has 0 bridgehead atoms. The van der Waals surface area contributed by atoms with Gasteiger partial charge in [-0.1, -0.05) is 152 Å². The fourth-order valence-corrected chi connectivity index (χ4v) is 7.75. The van der Waals surface area contributed by atoms with Crippen molar-refractivity contribution < 1.29 is 73.8 Å². The monoisotopic (exact) mass is 967 g/mol. The second kappa shape index (κ2) is 39.9. The maximum absolute atomic E-state index is 12.9. The molecule has 2 saturated heterocycles. The summed E-state index contributed by atoms with van der Waals surface area (Å²) in [5.74, 6) is -1.02. The van der Waals surface area contributed by atoms with Gasteiger partial charge in [0.1, 0.15) is 55.4 Å². The Hall–Kier alpha value is -2.80. The van der Waals surface area contributed by atoms with E-state index in [9.17, 15) is 45.3 Å². The summed E-state index contributed by atoms with van der Waals surface area (Å²) in [6.45, 7) is 2.38. The number of carbonyl (C=O) groups excluding carboxylic acids is 2. The Morgan fingerprint density at radius 3 is 1.51 bits per heavy atom. The summed E-state index contributed by atoms with van der Waals surface area (Å²) in [5, 5.41) is 72.0. The number of esters is 2. The second-order valence-corrected chi connectivity index (χ2v) is 18.0. The molecule has 0 aliphatic carbocycles. The first kappa shape index (κ1) is 61.3. The molecule has 2 aliphatic heterocycles. The molecule has 0 aromatic rings. The first-order valence-corrected chi connectivity index (χ1v) is 25.9. The van der Waals surface area contributed by atoms with Crippen molar-refractivity contribution in [3.05, 3.63) is 60.8 Å². The van der Waals surface area contributed by atoms with Gasteiger partial charge in [0, 0.05) is 12.8 Å². The number of aliphatic hydroxyl groups is 7. The molecule has 68 heavy (non-hydrogen) atoms. The molecule has 0 spiro atoms. The summed E-state index contributed by atoms with van der Waals surface area (Å²) >= 11 is 0. The van der Waals surface area contributed by atoms with Gasteiger partial charge in [0.25, 0.3) is 0 Å². The van der Waals surface area contributed by atoms with Gasteiger partial charge >= 0.3 is 11.9 Å². The maximum Gasteiger partial charge on any atom is 0.306 e. The molecule has 11 unspecified atom stereocenters. The molecular weight excluding hydrogens is 877 g/mol. The molecule has 0 amide bonds. The second-order valence-electron chi connectivity index (χ2n) is 18.0. The van der Waals surface area contributed by atoms with Crippen LogP contribution in [0, 0.1) is 0 Å². The van der Waals surface area contributed by atoms with Crippen molar-refractivity contribution in [2.24, 2.45) is 0 Å². The van der Waals surface area contributed by atoms with Crippen molar-refractivity contribution in [3.8, 4) is 0 Å². The molecule has 0 radical (unpaired) electrons. The van der Waals surface area contributed by atoms with Gasteiger partial charge in [-0.15, -0.1) is 0 Å². The highest BCUT2D eigenvalue weighted by atomic mass is 16.7. The lowest BCUT2D eigenvalue weighted by Crippen LogP contribution is -2.61. The molecule has 2 rings (SSSR count). The van der Waals surface area contributed by atoms with Crippen molar-refractivity contribution in [2.75, 3.05) is 26.4 Å². The Kier molecular flexibility index (Phi) is 36.0. The number of ether oxygens (including phenoxy) is 6. The highest BCUT2D eigenvalue weighted by Gasteiger charge is 2.47. The number of allylic oxidation sites excluding steroid dienone is 10. The average molecular weight is 967 g/mol. The van der Waals surface area contributed by atoms with Gasteiger partial charge in [0.15, 0.2) is 18.7 Å². The molecule has 0 aromatic heterocycles. The molecule has 0 saturated carbocycles. The zero-order valence-corrected chi connectivity index (χ0v) is 41.3. The summed E-state index contributed by atoms with van der Waals surface area (Å²) in [4.78, 5) is 25.7. The van der Waals surface area contributed by atoms with Gasteiger partial charge in [-0.25, -0.2) is 0 Å². The third kappa shape index (κ3) is 27.6. The predicted molar refractivity (Wildman–Crippen MR) is 261 cm³/mol. The lowest BCUT2D eigenvalue weighted by molar-refractivity contribution is -0.332. The number of aliphatic hydroxyl groups excluding tert-OH is 7. The van der Waals surface area contributed by atoms with E-state index in [1.54, 1.807) is 0 Å². The first-order valence-electron chi connectivity index (χ1n) is 25.9. The zero-order chi connectivity index (χ0) is 49.6. The number of unbranched alkanes of at least 4 members (excludes halogenated alkanes) is 15. The number of hydrogen-bond donors (Lipinski definition) is 7. The largest absolute Gasteiger partial charge is 0.462 e. The van der Waals surface area contributed by atoms with Gasteiger partial charge in [0.2, 0.25) is 0 Å². The normalized spacial score (nSPS) is 26.2. The smallest absolute Gasteiger partial charge is 0.306 e. The van der Waals surface area contributed by atoms with Crippen molar-refractivity contribution in [1.29, 1.82) is 0 Å². The van der Waals surface area contributed by atoms with Gasteiger partial charge in [0.05, 0.1) is 19.8 Å². The van der Waals surface area contributed by atoms with Crippen LogP contribution < -0.4 is 0 Å². The van der Waals surface area contributed by atoms with E-state index < -0.39 is 99.3 Å². The van der Waals surface area contributed by atoms with Crippen LogP contribution in [0.25, 0.3) is 0 Å². The Labute approximate surface area is 407 Å². The van der Waals surface area contributed by atoms with Gasteiger partial charge in [-0.2, -0.15) is 0 Å². The Morgan fingerprint density at radius 2 is 0.956 bits per heavy atom. The quantitative estimate of drug-likeness (QED) is 0.0183. The molecule has 2 fully saturated rings. The Morgan fingerprint density at radius 1 is 0.485 bits per heavy atom. The summed E-state index contributed by atoms with van der Waals surface area (Å²) in [5.41, 5.74) is 0. The number of carbonyl (C=O) groups is 2. The van der Waals surface area contributed by atoms with E-state index in [1.807, 2.05) is 18.2 Å². The molecule has 392 valence electrons. The third-order valence-electron chi connectivity index (χ3n) is 12.0. The SMILES string of the molecule is CC/C=C\C/C=C\C/C=C\C/C=C\CCC(=O)OC(COC(=O)CCCCCCCCCCC/C=C\CCCCCCCC)COC1OC(COC2OC(CO)C(O)C(O)C2O)C(O)C(O)C1O. The summed E-state index contributed by atoms with van der Waals surface area (Å²) in [7, 11) is 0. The minimum Gasteiger partial charge on any atom is -0.462 e. The van der Waals surface area contributed by atoms with Crippen LogP contribution >= 0.6 is 0 Å². The molecule has 11 atom stereocenters. The van der Waals surface area contributed by atoms with E-state index in [0.29, 0.717) is 19.3 Å². The van der Waals surface area contributed by atoms with Crippen molar-refractivity contribution >= 4 is 11.9 Å². The van der Waals surface area contributed by atoms with E-state index in [4.69, 9.17) is 28.4 Å². The van der Waals surface area contributed by atoms with E-state index in [-0.39, 0.29) is 19.4 Å². The third-order valence-corrected chi connectivity index (χ3v) is 12.0. The van der Waals surface area contributed by atoms with E-state index in [0.717, 1.165) is 44.9 Å². The number of rotatable bonds is 39. The van der Waals surface area contributed by atoms with Gasteiger partial charge < -0.3 is 64.2 Å². The molecule has 0 aromatic carbocycles. The van der Waals surface area contributed by atoms with Crippen molar-refractivity contribution in [1.82, 2.24) is 0 Å². The minimum atomic E-state index is -1.78. The van der Waals surface area contributed by atoms with Crippen LogP contribution in [0.15, 0.2) is 60.8 Å². The van der Waals surface area contributed by atoms with E-state index >= 15 is 0 Å². The van der Waals surface area contributed by atoms with Crippen LogP contribution in [0.2, 0.25) is 0 Å². The van der Waals surface area contributed by atoms with Crippen LogP contribution in [0.4, 0.5) is 0 Å². The highest BCUT2D eigenvalue weighted by Crippen LogP contribution is 2.26. The lowest BCUT2D eigenvalue weighted by atomic mass is 9.98. The molecule has 15 heteroatoms. The van der Waals surface area contributed by atoms with E-state index in [2.05, 4.69) is 56.4 Å². The molecule has 2 aliphatic rings. The van der Waals surface area contributed by atoms with Crippen LogP contribution in [-0.2, 0) is 38.0 Å². The van der Waals surface area contributed by atoms with Crippen LogP contribution in [0.3, 0.4) is 0 Å². The molecule has 15 nitrogen and oxygen atoms in total. The fraction of sp³-hybridized carbons (Fsp3) is 0.774. The molecular formula is C53H90O15. The summed E-state index contributed by atoms with van der Waals surface area (Å²) < 4.78 is 33.5.